The number of rotatable bonds is 6. The predicted octanol–water partition coefficient (Wildman–Crippen LogP) is -0.422. The molecule has 0 rings (SSSR count). The van der Waals surface area contributed by atoms with Gasteiger partial charge in [0.2, 0.25) is 10.0 Å². The molecule has 0 aliphatic heterocycles. The zero-order chi connectivity index (χ0) is 11.4. The number of hydrogen-bond acceptors (Lipinski definition) is 4. The Kier molecular flexibility index (Phi) is 5.35. The molecule has 1 N–H and O–H groups in total. The van der Waals surface area contributed by atoms with Crippen LogP contribution in [0, 0.1) is 0 Å². The van der Waals surface area contributed by atoms with Crippen molar-refractivity contribution in [3.05, 3.63) is 0 Å². The molecule has 14 heavy (non-hydrogen) atoms. The Bertz CT molecular complexity index is 359. The van der Waals surface area contributed by atoms with E-state index < -0.39 is 25.6 Å². The first-order valence-corrected chi connectivity index (χ1v) is 8.06. The molecule has 0 bridgehead atoms. The number of alkyl halides is 1. The van der Waals surface area contributed by atoms with E-state index in [1.165, 1.54) is 0 Å². The Morgan fingerprint density at radius 3 is 2.07 bits per heavy atom. The van der Waals surface area contributed by atoms with Crippen LogP contribution in [0.3, 0.4) is 0 Å². The van der Waals surface area contributed by atoms with Crippen molar-refractivity contribution in [1.82, 2.24) is 4.72 Å². The summed E-state index contributed by atoms with van der Waals surface area (Å²) >= 11 is 5.53. The lowest BCUT2D eigenvalue weighted by Crippen LogP contribution is -2.33. The van der Waals surface area contributed by atoms with Crippen molar-refractivity contribution in [1.29, 1.82) is 0 Å². The monoisotopic (exact) mass is 263 g/mol. The van der Waals surface area contributed by atoms with Crippen LogP contribution >= 0.6 is 11.6 Å². The molecule has 5 nitrogen and oxygen atoms in total. The topological polar surface area (TPSA) is 80.3 Å². The third-order valence-corrected chi connectivity index (χ3v) is 4.01. The predicted molar refractivity (Wildman–Crippen MR) is 56.8 cm³/mol. The van der Waals surface area contributed by atoms with Crippen molar-refractivity contribution < 1.29 is 16.8 Å². The number of sulfonamides is 1. The molecule has 0 saturated heterocycles. The maximum Gasteiger partial charge on any atom is 0.212 e. The third-order valence-electron chi connectivity index (χ3n) is 1.31. The summed E-state index contributed by atoms with van der Waals surface area (Å²) in [6.45, 7) is 1.74. The smallest absolute Gasteiger partial charge is 0.212 e. The molecule has 0 aromatic carbocycles. The molecule has 0 amide bonds. The lowest BCUT2D eigenvalue weighted by Gasteiger charge is -2.06. The van der Waals surface area contributed by atoms with E-state index in [0.29, 0.717) is 0 Å². The Morgan fingerprint density at radius 2 is 1.71 bits per heavy atom. The second kappa shape index (κ2) is 5.29. The van der Waals surface area contributed by atoms with Crippen molar-refractivity contribution in [2.75, 3.05) is 24.3 Å². The molecule has 0 heterocycles. The lowest BCUT2D eigenvalue weighted by atomic mass is 10.5. The maximum atomic E-state index is 11.1. The molecular weight excluding hydrogens is 250 g/mol. The summed E-state index contributed by atoms with van der Waals surface area (Å²) in [6, 6.07) is 0. The van der Waals surface area contributed by atoms with Gasteiger partial charge in [-0.2, -0.15) is 0 Å². The molecule has 0 aliphatic carbocycles. The minimum absolute atomic E-state index is 0.105. The van der Waals surface area contributed by atoms with Gasteiger partial charge in [0.1, 0.15) is 9.84 Å². The van der Waals surface area contributed by atoms with Crippen molar-refractivity contribution >= 4 is 31.5 Å². The van der Waals surface area contributed by atoms with Crippen molar-refractivity contribution in [2.45, 2.75) is 12.3 Å². The Hall–Kier alpha value is 0.150. The summed E-state index contributed by atoms with van der Waals surface area (Å²) < 4.78 is 45.9. The molecular formula is C6H14ClNO4S2. The molecule has 0 saturated carbocycles. The van der Waals surface area contributed by atoms with E-state index in [9.17, 15) is 16.8 Å². The number of hydrogen-bond donors (Lipinski definition) is 1. The molecule has 1 atom stereocenters. The average Bonchev–Trinajstić information content (AvgIpc) is 1.97. The van der Waals surface area contributed by atoms with E-state index in [2.05, 4.69) is 4.72 Å². The fraction of sp³-hybridized carbons (Fsp3) is 1.00. The van der Waals surface area contributed by atoms with E-state index in [1.807, 2.05) is 0 Å². The van der Waals surface area contributed by atoms with Crippen LogP contribution in [0.5, 0.6) is 0 Å². The second-order valence-corrected chi connectivity index (χ2v) is 8.01. The normalized spacial score (nSPS) is 15.4. The summed E-state index contributed by atoms with van der Waals surface area (Å²) in [6.07, 6.45) is 0.993. The molecule has 0 aliphatic rings. The Morgan fingerprint density at radius 1 is 1.21 bits per heavy atom. The summed E-state index contributed by atoms with van der Waals surface area (Å²) in [7, 11) is -6.77. The molecule has 0 aromatic rings. The number of sulfone groups is 1. The van der Waals surface area contributed by atoms with Gasteiger partial charge in [0, 0.05) is 18.2 Å². The number of nitrogens with one attached hydrogen (secondary N) is 1. The van der Waals surface area contributed by atoms with E-state index in [-0.39, 0.29) is 17.7 Å². The van der Waals surface area contributed by atoms with Gasteiger partial charge in [-0.15, -0.1) is 11.6 Å². The highest BCUT2D eigenvalue weighted by molar-refractivity contribution is 7.93. The van der Waals surface area contributed by atoms with Gasteiger partial charge in [-0.1, -0.05) is 0 Å². The highest BCUT2D eigenvalue weighted by atomic mass is 35.5. The van der Waals surface area contributed by atoms with E-state index >= 15 is 0 Å². The zero-order valence-electron chi connectivity index (χ0n) is 8.03. The quantitative estimate of drug-likeness (QED) is 0.660. The first-order valence-electron chi connectivity index (χ1n) is 3.91. The van der Waals surface area contributed by atoms with Crippen LogP contribution in [0.25, 0.3) is 0 Å². The standard InChI is InChI=1S/C6H14ClNO4S2/c1-6(7)5-8-14(11,12)4-3-13(2,9)10/h6,8H,3-5H2,1-2H3. The Balaban J connectivity index is 4.10. The van der Waals surface area contributed by atoms with Crippen LogP contribution in [0.2, 0.25) is 0 Å². The van der Waals surface area contributed by atoms with Gasteiger partial charge in [-0.25, -0.2) is 21.6 Å². The molecule has 86 valence electrons. The summed E-state index contributed by atoms with van der Waals surface area (Å²) in [5, 5.41) is -0.317. The van der Waals surface area contributed by atoms with Crippen molar-refractivity contribution in [2.24, 2.45) is 0 Å². The summed E-state index contributed by atoms with van der Waals surface area (Å²) in [4.78, 5) is 0. The second-order valence-electron chi connectivity index (χ2n) is 3.08. The first kappa shape index (κ1) is 14.2. The first-order chi connectivity index (χ1) is 6.12. The van der Waals surface area contributed by atoms with Crippen molar-refractivity contribution in [3.8, 4) is 0 Å². The highest BCUT2D eigenvalue weighted by Crippen LogP contribution is 1.94. The fourth-order valence-corrected chi connectivity index (χ4v) is 3.48. The van der Waals surface area contributed by atoms with Crippen LogP contribution < -0.4 is 4.72 Å². The minimum Gasteiger partial charge on any atom is -0.229 e. The molecule has 0 spiro atoms. The van der Waals surface area contributed by atoms with E-state index in [1.54, 1.807) is 6.92 Å². The van der Waals surface area contributed by atoms with Crippen LogP contribution in [0.15, 0.2) is 0 Å². The van der Waals surface area contributed by atoms with Gasteiger partial charge in [0.15, 0.2) is 0 Å². The van der Waals surface area contributed by atoms with Gasteiger partial charge >= 0.3 is 0 Å². The van der Waals surface area contributed by atoms with Gasteiger partial charge in [0.25, 0.3) is 0 Å². The SMILES string of the molecule is CC(Cl)CNS(=O)(=O)CCS(C)(=O)=O. The van der Waals surface area contributed by atoms with Gasteiger partial charge in [-0.3, -0.25) is 0 Å². The maximum absolute atomic E-state index is 11.1. The van der Waals surface area contributed by atoms with Gasteiger partial charge in [-0.05, 0) is 6.92 Å². The lowest BCUT2D eigenvalue weighted by molar-refractivity contribution is 0.578. The summed E-state index contributed by atoms with van der Waals surface area (Å²) in [5.74, 6) is -0.797. The zero-order valence-corrected chi connectivity index (χ0v) is 10.4. The third kappa shape index (κ3) is 8.74. The molecule has 0 fully saturated rings. The molecule has 0 aromatic heterocycles. The van der Waals surface area contributed by atoms with Crippen LogP contribution in [0.1, 0.15) is 6.92 Å². The van der Waals surface area contributed by atoms with Crippen LogP contribution in [-0.2, 0) is 19.9 Å². The largest absolute Gasteiger partial charge is 0.229 e. The van der Waals surface area contributed by atoms with Crippen molar-refractivity contribution in [3.63, 3.8) is 0 Å². The molecule has 1 unspecified atom stereocenters. The average molecular weight is 264 g/mol. The van der Waals surface area contributed by atoms with Crippen LogP contribution in [0.4, 0.5) is 0 Å². The van der Waals surface area contributed by atoms with Gasteiger partial charge in [0.05, 0.1) is 11.5 Å². The minimum atomic E-state index is -3.52. The Labute approximate surface area is 89.8 Å². The van der Waals surface area contributed by atoms with E-state index in [4.69, 9.17) is 11.6 Å². The van der Waals surface area contributed by atoms with Crippen LogP contribution in [-0.4, -0.2) is 46.5 Å². The fourth-order valence-electron chi connectivity index (χ4n) is 0.575. The highest BCUT2D eigenvalue weighted by Gasteiger charge is 2.14. The summed E-state index contributed by atoms with van der Waals surface area (Å²) in [5.41, 5.74) is 0. The van der Waals surface area contributed by atoms with Gasteiger partial charge < -0.3 is 0 Å². The molecule has 0 radical (unpaired) electrons. The molecule has 8 heteroatoms. The van der Waals surface area contributed by atoms with E-state index in [0.717, 1.165) is 6.26 Å². The number of halogens is 1.